The SMILES string of the molecule is CCOC(=O)[C@@H]([C@H](NS(=O)(=O)c1ccc(C)cc1)c1ccccc1)[S+](C)C.F[B-](F)(F)F. The number of ether oxygens (including phenoxy) is 1. The molecule has 2 atom stereocenters. The van der Waals surface area contributed by atoms with Gasteiger partial charge in [-0.2, -0.15) is 4.72 Å². The summed E-state index contributed by atoms with van der Waals surface area (Å²) in [6.45, 7) is 3.89. The van der Waals surface area contributed by atoms with E-state index in [1.54, 1.807) is 31.2 Å². The van der Waals surface area contributed by atoms with Gasteiger partial charge in [0.1, 0.15) is 6.04 Å². The van der Waals surface area contributed by atoms with E-state index in [0.29, 0.717) is 0 Å². The van der Waals surface area contributed by atoms with Gasteiger partial charge in [0, 0.05) is 0 Å². The molecule has 2 rings (SSSR count). The van der Waals surface area contributed by atoms with E-state index >= 15 is 0 Å². The van der Waals surface area contributed by atoms with Gasteiger partial charge in [0.2, 0.25) is 15.3 Å². The zero-order valence-corrected chi connectivity index (χ0v) is 19.7. The van der Waals surface area contributed by atoms with Gasteiger partial charge in [-0.1, -0.05) is 48.0 Å². The van der Waals surface area contributed by atoms with Gasteiger partial charge in [-0.3, -0.25) is 0 Å². The summed E-state index contributed by atoms with van der Waals surface area (Å²) in [7, 11) is -10.2. The number of aryl methyl sites for hydroxylation is 1. The number of benzene rings is 2. The Hall–Kier alpha value is -2.05. The Morgan fingerprint density at radius 1 is 1.03 bits per heavy atom. The van der Waals surface area contributed by atoms with Crippen molar-refractivity contribution in [1.29, 1.82) is 0 Å². The Kier molecular flexibility index (Phi) is 10.7. The highest BCUT2D eigenvalue weighted by Crippen LogP contribution is 2.26. The van der Waals surface area contributed by atoms with Crippen LogP contribution in [0.1, 0.15) is 24.1 Å². The molecule has 0 bridgehead atoms. The van der Waals surface area contributed by atoms with E-state index in [-0.39, 0.29) is 11.5 Å². The minimum Gasteiger partial charge on any atom is -0.462 e. The van der Waals surface area contributed by atoms with Gasteiger partial charge in [0.05, 0.1) is 24.0 Å². The molecule has 2 aromatic carbocycles. The first-order valence-corrected chi connectivity index (χ1v) is 13.1. The molecule has 0 aliphatic carbocycles. The molecule has 12 heteroatoms. The predicted molar refractivity (Wildman–Crippen MR) is 121 cm³/mol. The third-order valence-corrected chi connectivity index (χ3v) is 7.04. The second-order valence-electron chi connectivity index (χ2n) is 6.87. The van der Waals surface area contributed by atoms with Crippen molar-refractivity contribution < 1.29 is 35.2 Å². The number of rotatable bonds is 8. The molecule has 0 aliphatic heterocycles. The lowest BCUT2D eigenvalue weighted by Crippen LogP contribution is -2.45. The molecule has 0 aromatic heterocycles. The molecule has 0 amide bonds. The van der Waals surface area contributed by atoms with Crippen molar-refractivity contribution >= 4 is 34.1 Å². The Morgan fingerprint density at radius 2 is 1.53 bits per heavy atom. The van der Waals surface area contributed by atoms with Gasteiger partial charge in [0.15, 0.2) is 0 Å². The summed E-state index contributed by atoms with van der Waals surface area (Å²) >= 11 is 0. The number of hydrogen-bond acceptors (Lipinski definition) is 4. The number of sulfonamides is 1. The third kappa shape index (κ3) is 9.62. The van der Waals surface area contributed by atoms with E-state index in [4.69, 9.17) is 4.74 Å². The first-order valence-electron chi connectivity index (χ1n) is 9.50. The Labute approximate surface area is 189 Å². The third-order valence-electron chi connectivity index (χ3n) is 4.10. The molecule has 0 saturated carbocycles. The highest BCUT2D eigenvalue weighted by molar-refractivity contribution is 7.97. The van der Waals surface area contributed by atoms with E-state index in [0.717, 1.165) is 11.1 Å². The Bertz CT molecular complexity index is 950. The fourth-order valence-corrected chi connectivity index (χ4v) is 5.29. The van der Waals surface area contributed by atoms with E-state index in [2.05, 4.69) is 4.72 Å². The maximum Gasteiger partial charge on any atom is 0.673 e. The zero-order chi connectivity index (χ0) is 24.5. The molecule has 1 N–H and O–H groups in total. The van der Waals surface area contributed by atoms with Crippen LogP contribution in [0.15, 0.2) is 59.5 Å². The lowest BCUT2D eigenvalue weighted by molar-refractivity contribution is -0.143. The van der Waals surface area contributed by atoms with Crippen LogP contribution in [-0.2, 0) is 30.4 Å². The van der Waals surface area contributed by atoms with Crippen LogP contribution in [-0.4, -0.2) is 46.0 Å². The van der Waals surface area contributed by atoms with Crippen LogP contribution in [0.5, 0.6) is 0 Å². The first-order chi connectivity index (χ1) is 14.8. The fraction of sp³-hybridized carbons (Fsp3) is 0.350. The molecular formula is C20H26BF4NO4S2. The Balaban J connectivity index is 0.000000920. The van der Waals surface area contributed by atoms with Crippen LogP contribution < -0.4 is 4.72 Å². The monoisotopic (exact) mass is 495 g/mol. The van der Waals surface area contributed by atoms with Crippen molar-refractivity contribution in [3.63, 3.8) is 0 Å². The number of halogens is 4. The van der Waals surface area contributed by atoms with Gasteiger partial charge in [-0.05, 0) is 42.4 Å². The summed E-state index contributed by atoms with van der Waals surface area (Å²) in [4.78, 5) is 12.8. The first kappa shape index (κ1) is 28.0. The van der Waals surface area contributed by atoms with Crippen LogP contribution in [0.2, 0.25) is 0 Å². The summed E-state index contributed by atoms with van der Waals surface area (Å²) in [6, 6.07) is 15.1. The van der Waals surface area contributed by atoms with Crippen molar-refractivity contribution in [2.75, 3.05) is 19.1 Å². The fourth-order valence-electron chi connectivity index (χ4n) is 2.74. The highest BCUT2D eigenvalue weighted by atomic mass is 32.2. The van der Waals surface area contributed by atoms with Crippen LogP contribution in [0.3, 0.4) is 0 Å². The van der Waals surface area contributed by atoms with Crippen molar-refractivity contribution in [2.45, 2.75) is 30.0 Å². The molecule has 2 aromatic rings. The minimum absolute atomic E-state index is 0.170. The summed E-state index contributed by atoms with van der Waals surface area (Å²) in [5.74, 6) is -0.397. The van der Waals surface area contributed by atoms with Gasteiger partial charge in [0.25, 0.3) is 0 Å². The molecule has 0 saturated heterocycles. The number of hydrogen-bond donors (Lipinski definition) is 1. The average molecular weight is 495 g/mol. The lowest BCUT2D eigenvalue weighted by Gasteiger charge is -2.24. The zero-order valence-electron chi connectivity index (χ0n) is 18.1. The van der Waals surface area contributed by atoms with E-state index in [1.807, 2.05) is 49.8 Å². The number of carbonyl (C=O) groups is 1. The van der Waals surface area contributed by atoms with E-state index < -0.39 is 45.4 Å². The summed E-state index contributed by atoms with van der Waals surface area (Å²) in [5.41, 5.74) is 1.70. The van der Waals surface area contributed by atoms with Gasteiger partial charge in [-0.15, -0.1) is 0 Å². The van der Waals surface area contributed by atoms with Crippen LogP contribution in [0.25, 0.3) is 0 Å². The topological polar surface area (TPSA) is 72.5 Å². The molecule has 0 aliphatic rings. The van der Waals surface area contributed by atoms with Gasteiger partial charge >= 0.3 is 13.2 Å². The van der Waals surface area contributed by atoms with Gasteiger partial charge in [-0.25, -0.2) is 13.2 Å². The van der Waals surface area contributed by atoms with Crippen molar-refractivity contribution in [1.82, 2.24) is 4.72 Å². The maximum absolute atomic E-state index is 13.0. The normalized spacial score (nSPS) is 13.7. The molecule has 0 radical (unpaired) electrons. The second-order valence-corrected chi connectivity index (χ2v) is 10.9. The van der Waals surface area contributed by atoms with Crippen LogP contribution in [0.4, 0.5) is 17.3 Å². The van der Waals surface area contributed by atoms with E-state index in [9.17, 15) is 30.5 Å². The molecule has 32 heavy (non-hydrogen) atoms. The molecular weight excluding hydrogens is 469 g/mol. The Morgan fingerprint density at radius 3 is 1.97 bits per heavy atom. The quantitative estimate of drug-likeness (QED) is 0.259. The van der Waals surface area contributed by atoms with Gasteiger partial charge < -0.3 is 22.0 Å². The molecule has 0 spiro atoms. The summed E-state index contributed by atoms with van der Waals surface area (Å²) < 4.78 is 72.9. The molecule has 5 nitrogen and oxygen atoms in total. The minimum atomic E-state index is -6.00. The average Bonchev–Trinajstić information content (AvgIpc) is 2.67. The second kappa shape index (κ2) is 12.3. The van der Waals surface area contributed by atoms with Crippen molar-refractivity contribution in [3.05, 3.63) is 65.7 Å². The van der Waals surface area contributed by atoms with Crippen molar-refractivity contribution in [2.24, 2.45) is 0 Å². The molecule has 178 valence electrons. The predicted octanol–water partition coefficient (Wildman–Crippen LogP) is 4.12. The van der Waals surface area contributed by atoms with Crippen molar-refractivity contribution in [3.8, 4) is 0 Å². The maximum atomic E-state index is 13.0. The standard InChI is InChI=1S/C20H26NO4S2.BF4/c1-5-25-20(22)19(26(3)4)18(16-9-7-6-8-10-16)21-27(23,24)17-13-11-15(2)12-14-17;2-1(3,4)5/h6-14,18-19,21H,5H2,1-4H3;/q+1;-1/t18-,19-;/m1./s1. The number of carbonyl (C=O) groups excluding carboxylic acids is 1. The van der Waals surface area contributed by atoms with Crippen LogP contribution >= 0.6 is 0 Å². The lowest BCUT2D eigenvalue weighted by atomic mass is 10.0. The molecule has 0 heterocycles. The number of esters is 1. The summed E-state index contributed by atoms with van der Waals surface area (Å²) in [5, 5.41) is -0.618. The smallest absolute Gasteiger partial charge is 0.462 e. The van der Waals surface area contributed by atoms with E-state index in [1.165, 1.54) is 0 Å². The highest BCUT2D eigenvalue weighted by Gasteiger charge is 2.42. The molecule has 0 unspecified atom stereocenters. The number of nitrogens with one attached hydrogen (secondary N) is 1. The molecule has 0 fully saturated rings. The summed E-state index contributed by atoms with van der Waals surface area (Å²) in [6.07, 6.45) is 3.83. The largest absolute Gasteiger partial charge is 0.673 e. The van der Waals surface area contributed by atoms with Crippen LogP contribution in [0, 0.1) is 6.92 Å².